The predicted octanol–water partition coefficient (Wildman–Crippen LogP) is -0.310. The van der Waals surface area contributed by atoms with Gasteiger partial charge in [-0.2, -0.15) is 0 Å². The van der Waals surface area contributed by atoms with E-state index in [9.17, 15) is 4.79 Å². The van der Waals surface area contributed by atoms with E-state index >= 15 is 0 Å². The molecule has 58 valence electrons. The largest absolute Gasteiger partial charge is 0.394 e. The van der Waals surface area contributed by atoms with Gasteiger partial charge in [0.05, 0.1) is 12.1 Å². The van der Waals surface area contributed by atoms with Crippen molar-refractivity contribution in [1.82, 2.24) is 5.32 Å². The maximum absolute atomic E-state index is 10.5. The van der Waals surface area contributed by atoms with E-state index in [2.05, 4.69) is 5.32 Å². The average molecular weight is 143 g/mol. The smallest absolute Gasteiger partial charge is 0.142 e. The van der Waals surface area contributed by atoms with Crippen molar-refractivity contribution in [2.45, 2.75) is 24.8 Å². The van der Waals surface area contributed by atoms with Crippen molar-refractivity contribution in [3.8, 4) is 0 Å². The number of hydrogen-bond acceptors (Lipinski definition) is 3. The summed E-state index contributed by atoms with van der Waals surface area (Å²) in [6.07, 6.45) is 3.74. The summed E-state index contributed by atoms with van der Waals surface area (Å²) in [7, 11) is 0. The molecule has 0 aromatic rings. The van der Waals surface area contributed by atoms with Crippen LogP contribution in [0.4, 0.5) is 0 Å². The van der Waals surface area contributed by atoms with Gasteiger partial charge in [-0.15, -0.1) is 0 Å². The molecule has 1 rings (SSSR count). The van der Waals surface area contributed by atoms with Gasteiger partial charge in [0, 0.05) is 0 Å². The minimum atomic E-state index is -0.613. The summed E-state index contributed by atoms with van der Waals surface area (Å²) in [5.41, 5.74) is -0.613. The van der Waals surface area contributed by atoms with Gasteiger partial charge in [-0.05, 0) is 25.8 Å². The number of piperidine rings is 1. The molecule has 1 saturated heterocycles. The standard InChI is InChI=1S/C7H13NO2/c9-5-7(6-10)3-1-2-4-8-7/h5,8,10H,1-4,6H2. The van der Waals surface area contributed by atoms with Gasteiger partial charge in [0.15, 0.2) is 0 Å². The molecule has 1 aliphatic heterocycles. The van der Waals surface area contributed by atoms with Gasteiger partial charge < -0.3 is 15.2 Å². The fourth-order valence-corrected chi connectivity index (χ4v) is 1.26. The van der Waals surface area contributed by atoms with Crippen molar-refractivity contribution in [2.75, 3.05) is 13.2 Å². The summed E-state index contributed by atoms with van der Waals surface area (Å²) in [6.45, 7) is 0.774. The average Bonchev–Trinajstić information content (AvgIpc) is 2.06. The number of hydrogen-bond donors (Lipinski definition) is 2. The second-order valence-corrected chi connectivity index (χ2v) is 2.82. The first-order valence-corrected chi connectivity index (χ1v) is 3.65. The van der Waals surface area contributed by atoms with Crippen LogP contribution >= 0.6 is 0 Å². The zero-order valence-corrected chi connectivity index (χ0v) is 5.97. The molecule has 0 aromatic carbocycles. The first-order valence-electron chi connectivity index (χ1n) is 3.65. The zero-order chi connectivity index (χ0) is 7.45. The van der Waals surface area contributed by atoms with Crippen molar-refractivity contribution >= 4 is 6.29 Å². The maximum atomic E-state index is 10.5. The minimum Gasteiger partial charge on any atom is -0.394 e. The first-order chi connectivity index (χ1) is 4.83. The van der Waals surface area contributed by atoms with E-state index in [-0.39, 0.29) is 6.61 Å². The monoisotopic (exact) mass is 143 g/mol. The molecule has 3 nitrogen and oxygen atoms in total. The molecular weight excluding hydrogens is 130 g/mol. The molecule has 0 radical (unpaired) electrons. The Morgan fingerprint density at radius 2 is 2.40 bits per heavy atom. The lowest BCUT2D eigenvalue weighted by Gasteiger charge is -2.31. The molecule has 1 fully saturated rings. The topological polar surface area (TPSA) is 49.3 Å². The van der Waals surface area contributed by atoms with Gasteiger partial charge in [-0.25, -0.2) is 0 Å². The van der Waals surface area contributed by atoms with Gasteiger partial charge in [-0.1, -0.05) is 0 Å². The van der Waals surface area contributed by atoms with Crippen molar-refractivity contribution in [2.24, 2.45) is 0 Å². The van der Waals surface area contributed by atoms with Gasteiger partial charge in [0.2, 0.25) is 0 Å². The lowest BCUT2D eigenvalue weighted by Crippen LogP contribution is -2.52. The van der Waals surface area contributed by atoms with Crippen LogP contribution in [0.5, 0.6) is 0 Å². The molecule has 0 bridgehead atoms. The molecular formula is C7H13NO2. The normalized spacial score (nSPS) is 33.7. The van der Waals surface area contributed by atoms with Gasteiger partial charge >= 0.3 is 0 Å². The molecule has 0 aliphatic carbocycles. The second kappa shape index (κ2) is 3.12. The highest BCUT2D eigenvalue weighted by Gasteiger charge is 2.29. The molecule has 1 aliphatic rings. The van der Waals surface area contributed by atoms with Crippen LogP contribution in [-0.4, -0.2) is 30.1 Å². The summed E-state index contributed by atoms with van der Waals surface area (Å²) < 4.78 is 0. The van der Waals surface area contributed by atoms with Crippen molar-refractivity contribution in [1.29, 1.82) is 0 Å². The zero-order valence-electron chi connectivity index (χ0n) is 5.97. The Labute approximate surface area is 60.4 Å². The van der Waals surface area contributed by atoms with Gasteiger partial charge in [0.25, 0.3) is 0 Å². The molecule has 2 N–H and O–H groups in total. The van der Waals surface area contributed by atoms with E-state index in [1.165, 1.54) is 0 Å². The Bertz CT molecular complexity index is 119. The Balaban J connectivity index is 2.52. The summed E-state index contributed by atoms with van der Waals surface area (Å²) in [4.78, 5) is 10.5. The molecule has 0 amide bonds. The Kier molecular flexibility index (Phi) is 2.40. The second-order valence-electron chi connectivity index (χ2n) is 2.82. The number of rotatable bonds is 2. The Morgan fingerprint density at radius 3 is 2.70 bits per heavy atom. The number of aliphatic hydroxyl groups is 1. The SMILES string of the molecule is O=CC1(CO)CCCCN1. The predicted molar refractivity (Wildman–Crippen MR) is 37.7 cm³/mol. The molecule has 0 spiro atoms. The van der Waals surface area contributed by atoms with Crippen LogP contribution < -0.4 is 5.32 Å². The highest BCUT2D eigenvalue weighted by molar-refractivity contribution is 5.64. The van der Waals surface area contributed by atoms with Crippen molar-refractivity contribution in [3.63, 3.8) is 0 Å². The van der Waals surface area contributed by atoms with Gasteiger partial charge in [0.1, 0.15) is 6.29 Å². The first kappa shape index (κ1) is 7.69. The number of carbonyl (C=O) groups excluding carboxylic acids is 1. The van der Waals surface area contributed by atoms with Crippen molar-refractivity contribution in [3.05, 3.63) is 0 Å². The summed E-state index contributed by atoms with van der Waals surface area (Å²) in [5, 5.41) is 11.9. The third-order valence-electron chi connectivity index (χ3n) is 2.03. The molecule has 0 aromatic heterocycles. The molecule has 1 unspecified atom stereocenters. The van der Waals surface area contributed by atoms with E-state index < -0.39 is 5.54 Å². The molecule has 0 saturated carbocycles. The van der Waals surface area contributed by atoms with Crippen LogP contribution in [0, 0.1) is 0 Å². The molecule has 10 heavy (non-hydrogen) atoms. The van der Waals surface area contributed by atoms with Crippen LogP contribution in [0.15, 0.2) is 0 Å². The number of carbonyl (C=O) groups is 1. The lowest BCUT2D eigenvalue weighted by molar-refractivity contribution is -0.115. The van der Waals surface area contributed by atoms with E-state index in [0.717, 1.165) is 32.1 Å². The highest BCUT2D eigenvalue weighted by Crippen LogP contribution is 2.15. The highest BCUT2D eigenvalue weighted by atomic mass is 16.3. The van der Waals surface area contributed by atoms with Crippen LogP contribution in [0.25, 0.3) is 0 Å². The number of aliphatic hydroxyl groups excluding tert-OH is 1. The van der Waals surface area contributed by atoms with Crippen LogP contribution in [0.2, 0.25) is 0 Å². The fraction of sp³-hybridized carbons (Fsp3) is 0.857. The maximum Gasteiger partial charge on any atom is 0.142 e. The summed E-state index contributed by atoms with van der Waals surface area (Å²) >= 11 is 0. The molecule has 1 atom stereocenters. The quantitative estimate of drug-likeness (QED) is 0.521. The van der Waals surface area contributed by atoms with E-state index in [1.54, 1.807) is 0 Å². The summed E-state index contributed by atoms with van der Waals surface area (Å²) in [6, 6.07) is 0. The fourth-order valence-electron chi connectivity index (χ4n) is 1.26. The van der Waals surface area contributed by atoms with Gasteiger partial charge in [-0.3, -0.25) is 0 Å². The van der Waals surface area contributed by atoms with E-state index in [4.69, 9.17) is 5.11 Å². The molecule has 1 heterocycles. The van der Waals surface area contributed by atoms with Crippen LogP contribution in [0.1, 0.15) is 19.3 Å². The lowest BCUT2D eigenvalue weighted by atomic mass is 9.91. The number of aldehydes is 1. The summed E-state index contributed by atoms with van der Waals surface area (Å²) in [5.74, 6) is 0. The van der Waals surface area contributed by atoms with Crippen LogP contribution in [-0.2, 0) is 4.79 Å². The van der Waals surface area contributed by atoms with Crippen molar-refractivity contribution < 1.29 is 9.90 Å². The van der Waals surface area contributed by atoms with E-state index in [1.807, 2.05) is 0 Å². The molecule has 3 heteroatoms. The van der Waals surface area contributed by atoms with E-state index in [0.29, 0.717) is 0 Å². The Morgan fingerprint density at radius 1 is 1.60 bits per heavy atom. The third kappa shape index (κ3) is 1.36. The number of nitrogens with one attached hydrogen (secondary N) is 1. The minimum absolute atomic E-state index is 0.0729. The van der Waals surface area contributed by atoms with Crippen LogP contribution in [0.3, 0.4) is 0 Å². The third-order valence-corrected chi connectivity index (χ3v) is 2.03. The Hall–Kier alpha value is -0.410.